The van der Waals surface area contributed by atoms with E-state index in [4.69, 9.17) is 4.74 Å². The van der Waals surface area contributed by atoms with Crippen LogP contribution in [0.5, 0.6) is 0 Å². The molecule has 1 saturated heterocycles. The van der Waals surface area contributed by atoms with Gasteiger partial charge in [-0.1, -0.05) is 22.9 Å². The fourth-order valence-corrected chi connectivity index (χ4v) is 4.56. The zero-order valence-electron chi connectivity index (χ0n) is 10.5. The summed E-state index contributed by atoms with van der Waals surface area (Å²) < 4.78 is 32.6. The van der Waals surface area contributed by atoms with E-state index in [1.807, 2.05) is 13.0 Å². The molecule has 7 heteroatoms. The van der Waals surface area contributed by atoms with E-state index in [1.165, 1.54) is 4.31 Å². The van der Waals surface area contributed by atoms with Gasteiger partial charge in [0.1, 0.15) is 4.90 Å². The largest absolute Gasteiger partial charge is 0.380 e. The number of anilines is 1. The monoisotopic (exact) mass is 346 g/mol. The number of benzene rings is 1. The van der Waals surface area contributed by atoms with Crippen molar-refractivity contribution in [1.82, 2.24) is 4.31 Å². The van der Waals surface area contributed by atoms with Gasteiger partial charge in [-0.3, -0.25) is 0 Å². The Morgan fingerprint density at radius 3 is 2.84 bits per heavy atom. The van der Waals surface area contributed by atoms with Crippen molar-refractivity contribution in [2.75, 3.05) is 31.7 Å². The van der Waals surface area contributed by atoms with Gasteiger partial charge in [-0.15, -0.1) is 0 Å². The standard InChI is InChI=1S/C12H15BrN2O3S/c1-12(6-18-7-12)5-15-8-14-10-3-2-9(13)4-11(10)19(15,16)17/h2-4,14H,5-8H2,1H3. The minimum atomic E-state index is -3.43. The van der Waals surface area contributed by atoms with Crippen molar-refractivity contribution in [3.05, 3.63) is 22.7 Å². The predicted octanol–water partition coefficient (Wildman–Crippen LogP) is 1.86. The normalized spacial score (nSPS) is 24.1. The fraction of sp³-hybridized carbons (Fsp3) is 0.500. The van der Waals surface area contributed by atoms with Crippen molar-refractivity contribution in [3.8, 4) is 0 Å². The molecule has 1 aromatic carbocycles. The van der Waals surface area contributed by atoms with E-state index in [9.17, 15) is 8.42 Å². The van der Waals surface area contributed by atoms with Gasteiger partial charge in [0.25, 0.3) is 0 Å². The Hall–Kier alpha value is -0.630. The van der Waals surface area contributed by atoms with Crippen molar-refractivity contribution in [2.24, 2.45) is 5.41 Å². The van der Waals surface area contributed by atoms with Crippen molar-refractivity contribution in [2.45, 2.75) is 11.8 Å². The van der Waals surface area contributed by atoms with Crippen LogP contribution in [0, 0.1) is 5.41 Å². The quantitative estimate of drug-likeness (QED) is 0.887. The number of sulfonamides is 1. The molecule has 1 fully saturated rings. The summed E-state index contributed by atoms with van der Waals surface area (Å²) in [6.45, 7) is 4.07. The van der Waals surface area contributed by atoms with Crippen LogP contribution >= 0.6 is 15.9 Å². The van der Waals surface area contributed by atoms with Gasteiger partial charge >= 0.3 is 0 Å². The molecule has 104 valence electrons. The van der Waals surface area contributed by atoms with E-state index >= 15 is 0 Å². The number of halogens is 1. The van der Waals surface area contributed by atoms with E-state index < -0.39 is 10.0 Å². The molecule has 0 aliphatic carbocycles. The number of nitrogens with one attached hydrogen (secondary N) is 1. The maximum absolute atomic E-state index is 12.6. The fourth-order valence-electron chi connectivity index (χ4n) is 2.36. The van der Waals surface area contributed by atoms with Crippen LogP contribution in [0.4, 0.5) is 5.69 Å². The molecule has 0 amide bonds. The minimum Gasteiger partial charge on any atom is -0.380 e. The molecule has 0 bridgehead atoms. The zero-order chi connectivity index (χ0) is 13.7. The summed E-state index contributed by atoms with van der Waals surface area (Å²) in [5.74, 6) is 0. The summed E-state index contributed by atoms with van der Waals surface area (Å²) in [5.41, 5.74) is 0.590. The van der Waals surface area contributed by atoms with Crippen molar-refractivity contribution >= 4 is 31.6 Å². The highest BCUT2D eigenvalue weighted by Gasteiger charge is 2.41. The molecule has 2 heterocycles. The lowest BCUT2D eigenvalue weighted by Gasteiger charge is -2.42. The lowest BCUT2D eigenvalue weighted by molar-refractivity contribution is -0.107. The lowest BCUT2D eigenvalue weighted by Crippen LogP contribution is -2.52. The number of nitrogens with zero attached hydrogens (tertiary/aromatic N) is 1. The van der Waals surface area contributed by atoms with E-state index in [2.05, 4.69) is 21.2 Å². The maximum atomic E-state index is 12.6. The van der Waals surface area contributed by atoms with Gasteiger partial charge in [0, 0.05) is 16.4 Å². The van der Waals surface area contributed by atoms with Crippen molar-refractivity contribution < 1.29 is 13.2 Å². The highest BCUT2D eigenvalue weighted by molar-refractivity contribution is 9.10. The number of ether oxygens (including phenoxy) is 1. The molecule has 0 saturated carbocycles. The average Bonchev–Trinajstić information content (AvgIpc) is 2.32. The molecule has 0 atom stereocenters. The van der Waals surface area contributed by atoms with Crippen LogP contribution in [0.25, 0.3) is 0 Å². The van der Waals surface area contributed by atoms with Crippen LogP contribution in [-0.2, 0) is 14.8 Å². The maximum Gasteiger partial charge on any atom is 0.246 e. The molecule has 2 aliphatic rings. The first kappa shape index (κ1) is 13.4. The molecule has 2 aliphatic heterocycles. The number of hydrogen-bond donors (Lipinski definition) is 1. The summed E-state index contributed by atoms with van der Waals surface area (Å²) >= 11 is 3.32. The molecule has 0 unspecified atom stereocenters. The van der Waals surface area contributed by atoms with Crippen LogP contribution in [0.2, 0.25) is 0 Å². The third-order valence-corrected chi connectivity index (χ3v) is 5.79. The highest BCUT2D eigenvalue weighted by atomic mass is 79.9. The number of fused-ring (bicyclic) bond motifs is 1. The molecule has 19 heavy (non-hydrogen) atoms. The smallest absolute Gasteiger partial charge is 0.246 e. The van der Waals surface area contributed by atoms with Crippen LogP contribution in [-0.4, -0.2) is 39.2 Å². The van der Waals surface area contributed by atoms with Crippen molar-refractivity contribution in [3.63, 3.8) is 0 Å². The zero-order valence-corrected chi connectivity index (χ0v) is 12.9. The lowest BCUT2D eigenvalue weighted by atomic mass is 9.89. The molecule has 1 N–H and O–H groups in total. The summed E-state index contributed by atoms with van der Waals surface area (Å²) in [7, 11) is -3.43. The molecule has 3 rings (SSSR count). The summed E-state index contributed by atoms with van der Waals surface area (Å²) in [6.07, 6.45) is 0. The van der Waals surface area contributed by atoms with Gasteiger partial charge in [-0.25, -0.2) is 8.42 Å². The Bertz CT molecular complexity index is 613. The van der Waals surface area contributed by atoms with E-state index in [1.54, 1.807) is 12.1 Å². The van der Waals surface area contributed by atoms with Crippen LogP contribution in [0.15, 0.2) is 27.6 Å². The van der Waals surface area contributed by atoms with Crippen molar-refractivity contribution in [1.29, 1.82) is 0 Å². The van der Waals surface area contributed by atoms with E-state index in [0.717, 1.165) is 4.47 Å². The second kappa shape index (κ2) is 4.44. The Morgan fingerprint density at radius 2 is 2.21 bits per heavy atom. The summed E-state index contributed by atoms with van der Waals surface area (Å²) in [4.78, 5) is 0.331. The van der Waals surface area contributed by atoms with Gasteiger partial charge in [0.2, 0.25) is 10.0 Å². The summed E-state index contributed by atoms with van der Waals surface area (Å²) in [5, 5.41) is 3.15. The van der Waals surface area contributed by atoms with Crippen LogP contribution < -0.4 is 5.32 Å². The van der Waals surface area contributed by atoms with E-state index in [-0.39, 0.29) is 5.41 Å². The molecular formula is C12H15BrN2O3S. The Labute approximate surface area is 121 Å². The number of rotatable bonds is 2. The Kier molecular flexibility index (Phi) is 3.12. The van der Waals surface area contributed by atoms with Gasteiger partial charge in [0.05, 0.1) is 25.6 Å². The Morgan fingerprint density at radius 1 is 1.47 bits per heavy atom. The summed E-state index contributed by atoms with van der Waals surface area (Å²) in [6, 6.07) is 5.25. The predicted molar refractivity (Wildman–Crippen MR) is 75.4 cm³/mol. The third kappa shape index (κ3) is 2.29. The highest BCUT2D eigenvalue weighted by Crippen LogP contribution is 2.35. The first-order chi connectivity index (χ1) is 8.91. The van der Waals surface area contributed by atoms with Gasteiger partial charge in [-0.2, -0.15) is 4.31 Å². The van der Waals surface area contributed by atoms with Crippen LogP contribution in [0.1, 0.15) is 6.92 Å². The second-order valence-corrected chi connectivity index (χ2v) is 8.22. The average molecular weight is 347 g/mol. The molecule has 0 radical (unpaired) electrons. The number of hydrogen-bond acceptors (Lipinski definition) is 4. The molecular weight excluding hydrogens is 332 g/mol. The third-order valence-electron chi connectivity index (χ3n) is 3.47. The molecule has 0 aromatic heterocycles. The molecule has 1 aromatic rings. The first-order valence-corrected chi connectivity index (χ1v) is 8.25. The van der Waals surface area contributed by atoms with Gasteiger partial charge in [-0.05, 0) is 18.2 Å². The topological polar surface area (TPSA) is 58.6 Å². The molecule has 0 spiro atoms. The van der Waals surface area contributed by atoms with Crippen LogP contribution in [0.3, 0.4) is 0 Å². The first-order valence-electron chi connectivity index (χ1n) is 6.02. The second-order valence-electron chi connectivity index (χ2n) is 5.39. The van der Waals surface area contributed by atoms with Gasteiger partial charge in [0.15, 0.2) is 0 Å². The molecule has 5 nitrogen and oxygen atoms in total. The SMILES string of the molecule is CC1(CN2CNc3ccc(Br)cc3S2(=O)=O)COC1. The van der Waals surface area contributed by atoms with E-state index in [0.29, 0.717) is 37.0 Å². The Balaban J connectivity index is 1.94. The van der Waals surface area contributed by atoms with Gasteiger partial charge < -0.3 is 10.1 Å². The minimum absolute atomic E-state index is 0.0712.